The summed E-state index contributed by atoms with van der Waals surface area (Å²) in [6, 6.07) is 1.10. The van der Waals surface area contributed by atoms with Crippen LogP contribution in [0.1, 0.15) is 35.1 Å². The molecule has 0 saturated carbocycles. The average Bonchev–Trinajstić information content (AvgIpc) is 3.08. The molecule has 0 aliphatic carbocycles. The highest BCUT2D eigenvalue weighted by atomic mass is 19.1. The van der Waals surface area contributed by atoms with Gasteiger partial charge >= 0.3 is 6.01 Å². The molecular formula is C12H12FN5O2. The predicted octanol–water partition coefficient (Wildman–Crippen LogP) is 1.28. The highest BCUT2D eigenvalue weighted by Gasteiger charge is 2.22. The minimum atomic E-state index is -0.584. The molecule has 0 spiro atoms. The Morgan fingerprint density at radius 2 is 2.35 bits per heavy atom. The second-order valence-corrected chi connectivity index (χ2v) is 4.44. The molecule has 3 rings (SSSR count). The maximum absolute atomic E-state index is 13.0. The van der Waals surface area contributed by atoms with Crippen LogP contribution < -0.4 is 10.6 Å². The number of amides is 1. The van der Waals surface area contributed by atoms with Gasteiger partial charge in [-0.15, -0.1) is 5.10 Å². The van der Waals surface area contributed by atoms with E-state index in [2.05, 4.69) is 25.8 Å². The third kappa shape index (κ3) is 2.64. The van der Waals surface area contributed by atoms with Gasteiger partial charge < -0.3 is 9.73 Å². The number of nitrogens with zero attached hydrogens (tertiary/aromatic N) is 3. The van der Waals surface area contributed by atoms with Crippen LogP contribution in [0, 0.1) is 5.82 Å². The van der Waals surface area contributed by atoms with Gasteiger partial charge in [-0.1, -0.05) is 5.10 Å². The Morgan fingerprint density at radius 3 is 3.10 bits per heavy atom. The van der Waals surface area contributed by atoms with Gasteiger partial charge in [-0.2, -0.15) is 0 Å². The standard InChI is InChI=1S/C12H12FN5O2/c13-8-4-7(5-14-6-8)10(19)16-12-18-17-11(20-12)9-2-1-3-15-9/h4-6,9,15H,1-3H2,(H,16,18,19). The van der Waals surface area contributed by atoms with Crippen molar-refractivity contribution in [1.29, 1.82) is 0 Å². The molecule has 2 N–H and O–H groups in total. The van der Waals surface area contributed by atoms with Crippen LogP contribution in [0.15, 0.2) is 22.9 Å². The Morgan fingerprint density at radius 1 is 1.45 bits per heavy atom. The van der Waals surface area contributed by atoms with Crippen molar-refractivity contribution >= 4 is 11.9 Å². The first-order chi connectivity index (χ1) is 9.72. The van der Waals surface area contributed by atoms with Crippen molar-refractivity contribution in [3.63, 3.8) is 0 Å². The van der Waals surface area contributed by atoms with E-state index in [0.717, 1.165) is 31.6 Å². The highest BCUT2D eigenvalue weighted by Crippen LogP contribution is 2.22. The molecule has 1 unspecified atom stereocenters. The Labute approximate surface area is 113 Å². The molecule has 2 aromatic heterocycles. The molecule has 1 aliphatic heterocycles. The van der Waals surface area contributed by atoms with Gasteiger partial charge in [0.1, 0.15) is 5.82 Å². The van der Waals surface area contributed by atoms with Crippen molar-refractivity contribution in [3.05, 3.63) is 35.7 Å². The van der Waals surface area contributed by atoms with Crippen molar-refractivity contribution in [3.8, 4) is 0 Å². The van der Waals surface area contributed by atoms with Crippen molar-refractivity contribution in [2.75, 3.05) is 11.9 Å². The predicted molar refractivity (Wildman–Crippen MR) is 66.4 cm³/mol. The molecule has 8 heteroatoms. The van der Waals surface area contributed by atoms with E-state index in [4.69, 9.17) is 4.42 Å². The fourth-order valence-electron chi connectivity index (χ4n) is 2.03. The number of carbonyl (C=O) groups is 1. The van der Waals surface area contributed by atoms with Crippen LogP contribution in [0.2, 0.25) is 0 Å². The number of hydrogen-bond acceptors (Lipinski definition) is 6. The molecule has 0 radical (unpaired) electrons. The number of anilines is 1. The normalized spacial score (nSPS) is 18.1. The second-order valence-electron chi connectivity index (χ2n) is 4.44. The van der Waals surface area contributed by atoms with E-state index >= 15 is 0 Å². The summed E-state index contributed by atoms with van der Waals surface area (Å²) in [5.41, 5.74) is 0.0868. The Hall–Kier alpha value is -2.35. The molecule has 1 aliphatic rings. The SMILES string of the molecule is O=C(Nc1nnc(C2CCCN2)o1)c1cncc(F)c1. The lowest BCUT2D eigenvalue weighted by molar-refractivity contribution is 0.102. The Kier molecular flexibility index (Phi) is 3.38. The van der Waals surface area contributed by atoms with Gasteiger partial charge in [-0.3, -0.25) is 15.1 Å². The number of halogens is 1. The van der Waals surface area contributed by atoms with E-state index < -0.39 is 11.7 Å². The van der Waals surface area contributed by atoms with Crippen LogP contribution in [-0.4, -0.2) is 27.6 Å². The zero-order valence-corrected chi connectivity index (χ0v) is 10.5. The van der Waals surface area contributed by atoms with Crippen LogP contribution in [0.4, 0.5) is 10.4 Å². The molecule has 0 aromatic carbocycles. The summed E-state index contributed by atoms with van der Waals surface area (Å²) in [4.78, 5) is 15.4. The summed E-state index contributed by atoms with van der Waals surface area (Å²) < 4.78 is 18.3. The highest BCUT2D eigenvalue weighted by molar-refractivity contribution is 6.02. The molecule has 1 fully saturated rings. The summed E-state index contributed by atoms with van der Waals surface area (Å²) in [7, 11) is 0. The minimum Gasteiger partial charge on any atom is -0.406 e. The lowest BCUT2D eigenvalue weighted by atomic mass is 10.2. The summed E-state index contributed by atoms with van der Waals surface area (Å²) in [5, 5.41) is 13.3. The van der Waals surface area contributed by atoms with Gasteiger partial charge in [0.25, 0.3) is 5.91 Å². The number of aromatic nitrogens is 3. The topological polar surface area (TPSA) is 92.9 Å². The van der Waals surface area contributed by atoms with Gasteiger partial charge in [0.05, 0.1) is 17.8 Å². The smallest absolute Gasteiger partial charge is 0.322 e. The number of rotatable bonds is 3. The first-order valence-corrected chi connectivity index (χ1v) is 6.21. The first-order valence-electron chi connectivity index (χ1n) is 6.21. The fraction of sp³-hybridized carbons (Fsp3) is 0.333. The van der Waals surface area contributed by atoms with Gasteiger partial charge in [0.2, 0.25) is 5.89 Å². The molecule has 1 amide bonds. The number of carbonyl (C=O) groups excluding carboxylic acids is 1. The molecule has 3 heterocycles. The summed E-state index contributed by atoms with van der Waals surface area (Å²) >= 11 is 0. The van der Waals surface area contributed by atoms with E-state index in [1.807, 2.05) is 0 Å². The molecule has 1 atom stereocenters. The maximum Gasteiger partial charge on any atom is 0.322 e. The monoisotopic (exact) mass is 277 g/mol. The lowest BCUT2D eigenvalue weighted by Crippen LogP contribution is -2.13. The van der Waals surface area contributed by atoms with E-state index in [9.17, 15) is 9.18 Å². The molecular weight excluding hydrogens is 265 g/mol. The summed E-state index contributed by atoms with van der Waals surface area (Å²) in [6.07, 6.45) is 4.24. The fourth-order valence-corrected chi connectivity index (χ4v) is 2.03. The Bertz CT molecular complexity index is 624. The van der Waals surface area contributed by atoms with Crippen LogP contribution in [0.25, 0.3) is 0 Å². The van der Waals surface area contributed by atoms with Crippen molar-refractivity contribution < 1.29 is 13.6 Å². The third-order valence-electron chi connectivity index (χ3n) is 2.99. The molecule has 7 nitrogen and oxygen atoms in total. The number of hydrogen-bond donors (Lipinski definition) is 2. The van der Waals surface area contributed by atoms with Crippen LogP contribution in [-0.2, 0) is 0 Å². The largest absolute Gasteiger partial charge is 0.406 e. The minimum absolute atomic E-state index is 0.0111. The molecule has 1 saturated heterocycles. The quantitative estimate of drug-likeness (QED) is 0.878. The zero-order valence-electron chi connectivity index (χ0n) is 10.5. The second kappa shape index (κ2) is 5.33. The number of pyridine rings is 1. The van der Waals surface area contributed by atoms with Gasteiger partial charge in [0, 0.05) is 6.20 Å². The van der Waals surface area contributed by atoms with Crippen molar-refractivity contribution in [1.82, 2.24) is 20.5 Å². The van der Waals surface area contributed by atoms with E-state index in [1.165, 1.54) is 6.20 Å². The van der Waals surface area contributed by atoms with Crippen molar-refractivity contribution in [2.45, 2.75) is 18.9 Å². The van der Waals surface area contributed by atoms with Gasteiger partial charge in [0.15, 0.2) is 0 Å². The lowest BCUT2D eigenvalue weighted by Gasteiger charge is -2.03. The first kappa shape index (κ1) is 12.7. The maximum atomic E-state index is 13.0. The molecule has 0 bridgehead atoms. The van der Waals surface area contributed by atoms with Crippen molar-refractivity contribution in [2.24, 2.45) is 0 Å². The van der Waals surface area contributed by atoms with E-state index in [1.54, 1.807) is 0 Å². The average molecular weight is 277 g/mol. The third-order valence-corrected chi connectivity index (χ3v) is 2.99. The van der Waals surface area contributed by atoms with Crippen LogP contribution >= 0.6 is 0 Å². The number of nitrogens with one attached hydrogen (secondary N) is 2. The van der Waals surface area contributed by atoms with E-state index in [0.29, 0.717) is 5.89 Å². The molecule has 2 aromatic rings. The zero-order chi connectivity index (χ0) is 13.9. The van der Waals surface area contributed by atoms with E-state index in [-0.39, 0.29) is 17.6 Å². The van der Waals surface area contributed by atoms with Crippen LogP contribution in [0.5, 0.6) is 0 Å². The molecule has 104 valence electrons. The Balaban J connectivity index is 1.70. The molecule has 20 heavy (non-hydrogen) atoms. The summed E-state index contributed by atoms with van der Waals surface area (Å²) in [5.74, 6) is -0.694. The van der Waals surface area contributed by atoms with Gasteiger partial charge in [-0.25, -0.2) is 4.39 Å². The summed E-state index contributed by atoms with van der Waals surface area (Å²) in [6.45, 7) is 0.906. The van der Waals surface area contributed by atoms with Crippen LogP contribution in [0.3, 0.4) is 0 Å². The van der Waals surface area contributed by atoms with Gasteiger partial charge in [-0.05, 0) is 25.5 Å².